The summed E-state index contributed by atoms with van der Waals surface area (Å²) in [6.07, 6.45) is 0. The van der Waals surface area contributed by atoms with Crippen molar-refractivity contribution >= 4 is 51.0 Å². The maximum absolute atomic E-state index is 11.8. The van der Waals surface area contributed by atoms with Crippen molar-refractivity contribution in [2.24, 2.45) is 0 Å². The van der Waals surface area contributed by atoms with Gasteiger partial charge in [0.15, 0.2) is 5.82 Å². The summed E-state index contributed by atoms with van der Waals surface area (Å²) in [6, 6.07) is 8.94. The molecule has 0 fully saturated rings. The van der Waals surface area contributed by atoms with Crippen LogP contribution in [-0.2, 0) is 9.59 Å². The first kappa shape index (κ1) is 16.6. The zero-order chi connectivity index (χ0) is 15.9. The zero-order valence-electron chi connectivity index (χ0n) is 11.8. The molecule has 0 saturated heterocycles. The van der Waals surface area contributed by atoms with Gasteiger partial charge in [0, 0.05) is 16.2 Å². The molecule has 6 nitrogen and oxygen atoms in total. The fourth-order valence-electron chi connectivity index (χ4n) is 1.60. The summed E-state index contributed by atoms with van der Waals surface area (Å²) < 4.78 is 5.73. The van der Waals surface area contributed by atoms with Gasteiger partial charge >= 0.3 is 0 Å². The molecule has 22 heavy (non-hydrogen) atoms. The summed E-state index contributed by atoms with van der Waals surface area (Å²) in [5.74, 6) is 0.968. The number of hydrogen-bond donors (Lipinski definition) is 2. The van der Waals surface area contributed by atoms with Gasteiger partial charge in [0.25, 0.3) is 0 Å². The van der Waals surface area contributed by atoms with Crippen molar-refractivity contribution in [1.82, 2.24) is 5.16 Å². The first-order valence-corrected chi connectivity index (χ1v) is 8.34. The molecule has 1 aromatic carbocycles. The van der Waals surface area contributed by atoms with Gasteiger partial charge in [0.1, 0.15) is 5.76 Å². The molecule has 0 saturated carbocycles. The second kappa shape index (κ2) is 8.00. The summed E-state index contributed by atoms with van der Waals surface area (Å²) >= 11 is 4.56. The number of thioether (sulfide) groups is 1. The minimum atomic E-state index is -0.228. The first-order valence-electron chi connectivity index (χ1n) is 6.39. The number of aryl methyl sites for hydroxylation is 1. The minimum absolute atomic E-state index is 0.159. The van der Waals surface area contributed by atoms with Crippen molar-refractivity contribution in [2.45, 2.75) is 6.92 Å². The Labute approximate surface area is 140 Å². The lowest BCUT2D eigenvalue weighted by molar-refractivity contribution is -0.114. The van der Waals surface area contributed by atoms with E-state index in [1.807, 2.05) is 18.2 Å². The van der Waals surface area contributed by atoms with E-state index in [1.54, 1.807) is 19.1 Å². The van der Waals surface area contributed by atoms with E-state index in [1.165, 1.54) is 11.8 Å². The van der Waals surface area contributed by atoms with Crippen molar-refractivity contribution in [1.29, 1.82) is 0 Å². The predicted molar refractivity (Wildman–Crippen MR) is 90.0 cm³/mol. The van der Waals surface area contributed by atoms with E-state index in [-0.39, 0.29) is 23.3 Å². The third kappa shape index (κ3) is 5.53. The molecular weight excluding hydrogens is 370 g/mol. The van der Waals surface area contributed by atoms with E-state index >= 15 is 0 Å². The molecular formula is C14H14BrN3O3S. The van der Waals surface area contributed by atoms with Crippen LogP contribution >= 0.6 is 27.7 Å². The Morgan fingerprint density at radius 2 is 1.95 bits per heavy atom. The van der Waals surface area contributed by atoms with Crippen LogP contribution < -0.4 is 10.6 Å². The molecule has 0 atom stereocenters. The molecule has 8 heteroatoms. The first-order chi connectivity index (χ1) is 10.5. The van der Waals surface area contributed by atoms with Gasteiger partial charge in [0.05, 0.1) is 11.5 Å². The summed E-state index contributed by atoms with van der Waals surface area (Å²) in [5, 5.41) is 9.01. The van der Waals surface area contributed by atoms with Gasteiger partial charge in [-0.15, -0.1) is 11.8 Å². The molecule has 2 amide bonds. The van der Waals surface area contributed by atoms with Crippen LogP contribution in [0.1, 0.15) is 5.76 Å². The molecule has 2 aromatic rings. The van der Waals surface area contributed by atoms with Crippen LogP contribution in [0.25, 0.3) is 0 Å². The highest BCUT2D eigenvalue weighted by Gasteiger charge is 2.08. The summed E-state index contributed by atoms with van der Waals surface area (Å²) in [6.45, 7) is 1.74. The maximum atomic E-state index is 11.8. The number of carbonyl (C=O) groups excluding carboxylic acids is 2. The molecule has 0 spiro atoms. The number of hydrogen-bond acceptors (Lipinski definition) is 5. The number of benzene rings is 1. The molecule has 0 bridgehead atoms. The summed E-state index contributed by atoms with van der Waals surface area (Å²) in [7, 11) is 0. The third-order valence-electron chi connectivity index (χ3n) is 2.47. The number of anilines is 2. The van der Waals surface area contributed by atoms with E-state index in [4.69, 9.17) is 4.52 Å². The molecule has 1 heterocycles. The molecule has 0 aliphatic heterocycles. The Balaban J connectivity index is 1.69. The van der Waals surface area contributed by atoms with Crippen LogP contribution in [0.2, 0.25) is 0 Å². The van der Waals surface area contributed by atoms with Crippen LogP contribution in [0.15, 0.2) is 39.3 Å². The van der Waals surface area contributed by atoms with E-state index < -0.39 is 0 Å². The van der Waals surface area contributed by atoms with Crippen LogP contribution in [0.4, 0.5) is 11.5 Å². The number of halogens is 1. The smallest absolute Gasteiger partial charge is 0.235 e. The van der Waals surface area contributed by atoms with Crippen molar-refractivity contribution in [3.05, 3.63) is 40.6 Å². The predicted octanol–water partition coefficient (Wildman–Crippen LogP) is 3.06. The molecule has 0 aliphatic rings. The van der Waals surface area contributed by atoms with Gasteiger partial charge in [-0.3, -0.25) is 9.59 Å². The molecule has 116 valence electrons. The Morgan fingerprint density at radius 1 is 1.23 bits per heavy atom. The van der Waals surface area contributed by atoms with Crippen LogP contribution in [0.3, 0.4) is 0 Å². The molecule has 0 radical (unpaired) electrons. The van der Waals surface area contributed by atoms with Crippen molar-refractivity contribution in [3.8, 4) is 0 Å². The van der Waals surface area contributed by atoms with E-state index in [0.717, 1.165) is 4.47 Å². The highest BCUT2D eigenvalue weighted by molar-refractivity contribution is 9.10. The standard InChI is InChI=1S/C14H14BrN3O3S/c1-9-5-12(18-21-9)17-14(20)8-22-7-13(19)16-11-4-2-3-10(15)6-11/h2-6H,7-8H2,1H3,(H,16,19)(H,17,18,20). The van der Waals surface area contributed by atoms with Crippen LogP contribution in [0, 0.1) is 6.92 Å². The number of carbonyl (C=O) groups is 2. The second-order valence-electron chi connectivity index (χ2n) is 4.42. The lowest BCUT2D eigenvalue weighted by Gasteiger charge is -2.05. The second-order valence-corrected chi connectivity index (χ2v) is 6.32. The lowest BCUT2D eigenvalue weighted by Crippen LogP contribution is -2.18. The molecule has 0 unspecified atom stereocenters. The Bertz CT molecular complexity index is 675. The highest BCUT2D eigenvalue weighted by Crippen LogP contribution is 2.16. The fraction of sp³-hybridized carbons (Fsp3) is 0.214. The van der Waals surface area contributed by atoms with Crippen LogP contribution in [-0.4, -0.2) is 28.5 Å². The number of nitrogens with zero attached hydrogens (tertiary/aromatic N) is 1. The topological polar surface area (TPSA) is 84.2 Å². The SMILES string of the molecule is Cc1cc(NC(=O)CSCC(=O)Nc2cccc(Br)c2)no1. The third-order valence-corrected chi connectivity index (χ3v) is 3.90. The van der Waals surface area contributed by atoms with Gasteiger partial charge in [-0.05, 0) is 25.1 Å². The Kier molecular flexibility index (Phi) is 6.02. The van der Waals surface area contributed by atoms with Crippen LogP contribution in [0.5, 0.6) is 0 Å². The highest BCUT2D eigenvalue weighted by atomic mass is 79.9. The zero-order valence-corrected chi connectivity index (χ0v) is 14.2. The normalized spacial score (nSPS) is 10.3. The Hall–Kier alpha value is -1.80. The van der Waals surface area contributed by atoms with Gasteiger partial charge in [-0.1, -0.05) is 27.2 Å². The van der Waals surface area contributed by atoms with Gasteiger partial charge in [-0.2, -0.15) is 0 Å². The number of nitrogens with one attached hydrogen (secondary N) is 2. The van der Waals surface area contributed by atoms with E-state index in [0.29, 0.717) is 17.3 Å². The number of amides is 2. The molecule has 0 aliphatic carbocycles. The van der Waals surface area contributed by atoms with Gasteiger partial charge in [-0.25, -0.2) is 0 Å². The van der Waals surface area contributed by atoms with E-state index in [2.05, 4.69) is 31.7 Å². The largest absolute Gasteiger partial charge is 0.360 e. The van der Waals surface area contributed by atoms with Crippen molar-refractivity contribution < 1.29 is 14.1 Å². The summed E-state index contributed by atoms with van der Waals surface area (Å²) in [4.78, 5) is 23.4. The van der Waals surface area contributed by atoms with Gasteiger partial charge < -0.3 is 15.2 Å². The monoisotopic (exact) mass is 383 g/mol. The number of rotatable bonds is 6. The molecule has 2 N–H and O–H groups in total. The molecule has 1 aromatic heterocycles. The average molecular weight is 384 g/mol. The van der Waals surface area contributed by atoms with Crippen molar-refractivity contribution in [2.75, 3.05) is 22.1 Å². The fourth-order valence-corrected chi connectivity index (χ4v) is 2.62. The number of aromatic nitrogens is 1. The average Bonchev–Trinajstić information content (AvgIpc) is 2.84. The maximum Gasteiger partial charge on any atom is 0.235 e. The lowest BCUT2D eigenvalue weighted by atomic mass is 10.3. The molecule has 2 rings (SSSR count). The minimum Gasteiger partial charge on any atom is -0.360 e. The Morgan fingerprint density at radius 3 is 2.59 bits per heavy atom. The summed E-state index contributed by atoms with van der Waals surface area (Å²) in [5.41, 5.74) is 0.711. The van der Waals surface area contributed by atoms with Gasteiger partial charge in [0.2, 0.25) is 11.8 Å². The van der Waals surface area contributed by atoms with E-state index in [9.17, 15) is 9.59 Å². The van der Waals surface area contributed by atoms with Crippen molar-refractivity contribution in [3.63, 3.8) is 0 Å². The quantitative estimate of drug-likeness (QED) is 0.800.